The molecule has 0 saturated carbocycles. The van der Waals surface area contributed by atoms with Gasteiger partial charge in [0, 0.05) is 24.1 Å². The van der Waals surface area contributed by atoms with Crippen LogP contribution in [0.3, 0.4) is 0 Å². The maximum Gasteiger partial charge on any atom is 0.244 e. The molecule has 0 spiro atoms. The van der Waals surface area contributed by atoms with Gasteiger partial charge in [0.05, 0.1) is 21.3 Å². The summed E-state index contributed by atoms with van der Waals surface area (Å²) in [5.74, 6) is 1.84. The van der Waals surface area contributed by atoms with Gasteiger partial charge >= 0.3 is 0 Å². The summed E-state index contributed by atoms with van der Waals surface area (Å²) in [5, 5.41) is 0. The first-order valence-corrected chi connectivity index (χ1v) is 12.4. The fourth-order valence-corrected chi connectivity index (χ4v) is 5.30. The first-order chi connectivity index (χ1) is 14.9. The number of benzene rings is 2. The SMILES string of the molecule is COc1cc2c(cc1OC)CN(CCCCNS(=O)(=O)c1ccc(Br)cc1OC)CC2. The van der Waals surface area contributed by atoms with Gasteiger partial charge in [0.25, 0.3) is 0 Å². The van der Waals surface area contributed by atoms with Crippen LogP contribution in [0.4, 0.5) is 0 Å². The third-order valence-corrected chi connectivity index (χ3v) is 7.40. The minimum absolute atomic E-state index is 0.148. The van der Waals surface area contributed by atoms with Crippen molar-refractivity contribution in [1.82, 2.24) is 9.62 Å². The minimum atomic E-state index is -3.61. The summed E-state index contributed by atoms with van der Waals surface area (Å²) in [6.45, 7) is 3.13. The predicted octanol–water partition coefficient (Wildman–Crippen LogP) is 3.59. The van der Waals surface area contributed by atoms with Gasteiger partial charge in [-0.15, -0.1) is 0 Å². The molecule has 1 N–H and O–H groups in total. The van der Waals surface area contributed by atoms with Crippen molar-refractivity contribution in [2.75, 3.05) is 41.0 Å². The van der Waals surface area contributed by atoms with Gasteiger partial charge in [-0.3, -0.25) is 4.90 Å². The van der Waals surface area contributed by atoms with Gasteiger partial charge in [-0.25, -0.2) is 13.1 Å². The third kappa shape index (κ3) is 5.91. The monoisotopic (exact) mass is 512 g/mol. The van der Waals surface area contributed by atoms with Crippen LogP contribution in [0.5, 0.6) is 17.2 Å². The van der Waals surface area contributed by atoms with Gasteiger partial charge in [-0.05, 0) is 67.3 Å². The van der Waals surface area contributed by atoms with E-state index in [0.717, 1.165) is 54.9 Å². The average Bonchev–Trinajstić information content (AvgIpc) is 2.77. The lowest BCUT2D eigenvalue weighted by Gasteiger charge is -2.29. The van der Waals surface area contributed by atoms with Crippen LogP contribution >= 0.6 is 15.9 Å². The number of nitrogens with zero attached hydrogens (tertiary/aromatic N) is 1. The number of unbranched alkanes of at least 4 members (excludes halogenated alkanes) is 1. The van der Waals surface area contributed by atoms with E-state index in [2.05, 4.69) is 37.7 Å². The second kappa shape index (κ2) is 10.7. The summed E-state index contributed by atoms with van der Waals surface area (Å²) in [5.41, 5.74) is 2.55. The fourth-order valence-electron chi connectivity index (χ4n) is 3.74. The van der Waals surface area contributed by atoms with E-state index in [4.69, 9.17) is 14.2 Å². The van der Waals surface area contributed by atoms with Crippen LogP contribution in [0, 0.1) is 0 Å². The molecule has 0 unspecified atom stereocenters. The molecular formula is C22H29BrN2O5S. The van der Waals surface area contributed by atoms with Gasteiger partial charge in [0.15, 0.2) is 11.5 Å². The van der Waals surface area contributed by atoms with Crippen molar-refractivity contribution in [1.29, 1.82) is 0 Å². The van der Waals surface area contributed by atoms with Gasteiger partial charge in [0.2, 0.25) is 10.0 Å². The smallest absolute Gasteiger partial charge is 0.244 e. The number of halogens is 1. The summed E-state index contributed by atoms with van der Waals surface area (Å²) in [4.78, 5) is 2.54. The van der Waals surface area contributed by atoms with Crippen LogP contribution in [0.15, 0.2) is 39.7 Å². The molecule has 9 heteroatoms. The third-order valence-electron chi connectivity index (χ3n) is 5.41. The Bertz CT molecular complexity index is 1010. The highest BCUT2D eigenvalue weighted by atomic mass is 79.9. The second-order valence-corrected chi connectivity index (χ2v) is 10.1. The second-order valence-electron chi connectivity index (χ2n) is 7.40. The number of hydrogen-bond donors (Lipinski definition) is 1. The van der Waals surface area contributed by atoms with Crippen molar-refractivity contribution < 1.29 is 22.6 Å². The quantitative estimate of drug-likeness (QED) is 0.490. The van der Waals surface area contributed by atoms with Crippen molar-refractivity contribution in [3.8, 4) is 17.2 Å². The molecular weight excluding hydrogens is 484 g/mol. The number of rotatable bonds is 10. The van der Waals surface area contributed by atoms with Gasteiger partial charge < -0.3 is 14.2 Å². The Hall–Kier alpha value is -1.81. The predicted molar refractivity (Wildman–Crippen MR) is 124 cm³/mol. The summed E-state index contributed by atoms with van der Waals surface area (Å²) < 4.78 is 44.7. The molecule has 1 heterocycles. The average molecular weight is 513 g/mol. The number of fused-ring (bicyclic) bond motifs is 1. The zero-order chi connectivity index (χ0) is 22.4. The first-order valence-electron chi connectivity index (χ1n) is 10.2. The Morgan fingerprint density at radius 2 is 1.65 bits per heavy atom. The van der Waals surface area contributed by atoms with Gasteiger partial charge in [0.1, 0.15) is 10.6 Å². The molecule has 0 aromatic heterocycles. The zero-order valence-electron chi connectivity index (χ0n) is 18.1. The maximum absolute atomic E-state index is 12.6. The molecule has 0 radical (unpaired) electrons. The van der Waals surface area contributed by atoms with Crippen LogP contribution in [0.2, 0.25) is 0 Å². The Morgan fingerprint density at radius 1 is 0.968 bits per heavy atom. The first kappa shape index (κ1) is 23.8. The molecule has 2 aromatic carbocycles. The van der Waals surface area contributed by atoms with Crippen LogP contribution in [0.25, 0.3) is 0 Å². The molecule has 0 bridgehead atoms. The van der Waals surface area contributed by atoms with Crippen LogP contribution in [0.1, 0.15) is 24.0 Å². The Labute approximate surface area is 192 Å². The van der Waals surface area contributed by atoms with Crippen molar-refractivity contribution >= 4 is 26.0 Å². The number of hydrogen-bond acceptors (Lipinski definition) is 6. The number of ether oxygens (including phenoxy) is 3. The highest BCUT2D eigenvalue weighted by Crippen LogP contribution is 2.33. The van der Waals surface area contributed by atoms with Crippen molar-refractivity contribution in [2.45, 2.75) is 30.7 Å². The number of sulfonamides is 1. The molecule has 1 aliphatic heterocycles. The lowest BCUT2D eigenvalue weighted by Crippen LogP contribution is -2.32. The molecule has 0 fully saturated rings. The number of methoxy groups -OCH3 is 3. The van der Waals surface area contributed by atoms with Crippen LogP contribution in [-0.4, -0.2) is 54.3 Å². The van der Waals surface area contributed by atoms with E-state index in [0.29, 0.717) is 12.3 Å². The molecule has 0 saturated heterocycles. The lowest BCUT2D eigenvalue weighted by atomic mass is 9.98. The largest absolute Gasteiger partial charge is 0.495 e. The molecule has 3 rings (SSSR count). The summed E-state index contributed by atoms with van der Waals surface area (Å²) >= 11 is 3.33. The van der Waals surface area contributed by atoms with E-state index in [1.54, 1.807) is 32.4 Å². The van der Waals surface area contributed by atoms with E-state index in [9.17, 15) is 8.42 Å². The normalized spacial score (nSPS) is 14.2. The highest BCUT2D eigenvalue weighted by molar-refractivity contribution is 9.10. The maximum atomic E-state index is 12.6. The number of nitrogens with one attached hydrogen (secondary N) is 1. The molecule has 2 aromatic rings. The molecule has 0 aliphatic carbocycles. The minimum Gasteiger partial charge on any atom is -0.495 e. The van der Waals surface area contributed by atoms with Gasteiger partial charge in [-0.2, -0.15) is 0 Å². The Balaban J connectivity index is 1.49. The highest BCUT2D eigenvalue weighted by Gasteiger charge is 2.21. The lowest BCUT2D eigenvalue weighted by molar-refractivity contribution is 0.248. The van der Waals surface area contributed by atoms with E-state index >= 15 is 0 Å². The van der Waals surface area contributed by atoms with Crippen molar-refractivity contribution in [2.24, 2.45) is 0 Å². The molecule has 0 amide bonds. The van der Waals surface area contributed by atoms with Crippen LogP contribution < -0.4 is 18.9 Å². The fraction of sp³-hybridized carbons (Fsp3) is 0.455. The standard InChI is InChI=1S/C22H29BrN2O5S/c1-28-19-12-16-8-11-25(15-17(16)13-20(19)29-2)10-5-4-9-24-31(26,27)22-7-6-18(23)14-21(22)30-3/h6-7,12-14,24H,4-5,8-11,15H2,1-3H3. The molecule has 31 heavy (non-hydrogen) atoms. The molecule has 0 atom stereocenters. The Kier molecular flexibility index (Phi) is 8.21. The van der Waals surface area contributed by atoms with Crippen molar-refractivity contribution in [3.05, 3.63) is 45.9 Å². The molecule has 170 valence electrons. The Morgan fingerprint density at radius 3 is 2.32 bits per heavy atom. The summed E-state index contributed by atoms with van der Waals surface area (Å²) in [6, 6.07) is 9.00. The van der Waals surface area contributed by atoms with E-state index in [1.807, 2.05) is 0 Å². The summed E-state index contributed by atoms with van der Waals surface area (Å²) in [7, 11) is 1.15. The molecule has 7 nitrogen and oxygen atoms in total. The summed E-state index contributed by atoms with van der Waals surface area (Å²) in [6.07, 6.45) is 2.63. The van der Waals surface area contributed by atoms with Gasteiger partial charge in [-0.1, -0.05) is 15.9 Å². The van der Waals surface area contributed by atoms with Crippen LogP contribution in [-0.2, 0) is 23.0 Å². The topological polar surface area (TPSA) is 77.1 Å². The van der Waals surface area contributed by atoms with Crippen molar-refractivity contribution in [3.63, 3.8) is 0 Å². The van der Waals surface area contributed by atoms with E-state index in [1.165, 1.54) is 18.2 Å². The van der Waals surface area contributed by atoms with E-state index in [-0.39, 0.29) is 4.90 Å². The zero-order valence-corrected chi connectivity index (χ0v) is 20.5. The van der Waals surface area contributed by atoms with E-state index < -0.39 is 10.0 Å². The molecule has 1 aliphatic rings.